The zero-order valence-corrected chi connectivity index (χ0v) is 44.0. The molecule has 1 aromatic heterocycles. The first-order chi connectivity index (χ1) is 32.5. The summed E-state index contributed by atoms with van der Waals surface area (Å²) in [4.78, 5) is 85.1. The van der Waals surface area contributed by atoms with Gasteiger partial charge in [0.05, 0.1) is 33.7 Å². The van der Waals surface area contributed by atoms with Crippen molar-refractivity contribution < 1.29 is 52.1 Å². The Bertz CT molecular complexity index is 2380. The second kappa shape index (κ2) is 24.0. The van der Waals surface area contributed by atoms with E-state index in [1.54, 1.807) is 41.7 Å². The molecule has 69 heavy (non-hydrogen) atoms. The fourth-order valence-corrected chi connectivity index (χ4v) is 10.7. The number of ketones is 1. The normalized spacial score (nSPS) is 22.0. The van der Waals surface area contributed by atoms with E-state index in [0.717, 1.165) is 39.2 Å². The molecule has 2 aromatic carbocycles. The third kappa shape index (κ3) is 15.1. The molecular formula is C54H72N2O11SSi. The van der Waals surface area contributed by atoms with Crippen molar-refractivity contribution in [2.24, 2.45) is 17.3 Å². The van der Waals surface area contributed by atoms with Gasteiger partial charge >= 0.3 is 18.1 Å². The number of amides is 2. The Morgan fingerprint density at radius 2 is 1.70 bits per heavy atom. The molecule has 0 bridgehead atoms. The Kier molecular flexibility index (Phi) is 19.1. The first-order valence-electron chi connectivity index (χ1n) is 24.2. The van der Waals surface area contributed by atoms with Crippen molar-refractivity contribution in [2.75, 3.05) is 6.54 Å². The minimum atomic E-state index is -2.60. The quantitative estimate of drug-likeness (QED) is 0.0354. The maximum Gasteiger partial charge on any atom is 0.508 e. The Hall–Kier alpha value is -5.25. The van der Waals surface area contributed by atoms with E-state index in [1.807, 2.05) is 45.9 Å². The summed E-state index contributed by atoms with van der Waals surface area (Å²) >= 11 is 1.62. The number of rotatable bonds is 15. The maximum atomic E-state index is 15.3. The largest absolute Gasteiger partial charge is 0.508 e. The van der Waals surface area contributed by atoms with Crippen LogP contribution in [0, 0.1) is 24.2 Å². The lowest BCUT2D eigenvalue weighted by Crippen LogP contribution is -2.53. The summed E-state index contributed by atoms with van der Waals surface area (Å²) < 4.78 is 31.8. The van der Waals surface area contributed by atoms with Gasteiger partial charge in [0.1, 0.15) is 30.3 Å². The number of esters is 2. The summed E-state index contributed by atoms with van der Waals surface area (Å²) in [5, 5.41) is 0.714. The van der Waals surface area contributed by atoms with Gasteiger partial charge in [0.25, 0.3) is 11.8 Å². The number of fused-ring (bicyclic) bond motifs is 1. The predicted molar refractivity (Wildman–Crippen MR) is 270 cm³/mol. The van der Waals surface area contributed by atoms with Gasteiger partial charge in [-0.15, -0.1) is 17.9 Å². The molecule has 3 heterocycles. The molecule has 15 heteroatoms. The number of allylic oxidation sites excluding steroid dienone is 2. The van der Waals surface area contributed by atoms with Gasteiger partial charge in [-0.25, -0.2) is 9.78 Å². The number of cyclic esters (lactones) is 1. The van der Waals surface area contributed by atoms with E-state index < -0.39 is 56.1 Å². The fraction of sp³-hybridized carbons (Fsp3) is 0.537. The van der Waals surface area contributed by atoms with Gasteiger partial charge in [0.15, 0.2) is 8.32 Å². The third-order valence-electron chi connectivity index (χ3n) is 13.7. The summed E-state index contributed by atoms with van der Waals surface area (Å²) in [6.45, 7) is 24.3. The van der Waals surface area contributed by atoms with Crippen molar-refractivity contribution in [3.63, 3.8) is 0 Å². The van der Waals surface area contributed by atoms with Crippen molar-refractivity contribution in [3.8, 4) is 5.75 Å². The molecule has 0 fully saturated rings. The molecule has 3 aromatic rings. The molecule has 0 unspecified atom stereocenters. The molecule has 2 aliphatic heterocycles. The number of unbranched alkanes of at least 4 members (excludes halogenated alkanes) is 2. The zero-order chi connectivity index (χ0) is 50.7. The molecule has 0 saturated heterocycles. The van der Waals surface area contributed by atoms with E-state index in [4.69, 9.17) is 28.4 Å². The highest BCUT2D eigenvalue weighted by atomic mass is 32.1. The van der Waals surface area contributed by atoms with Crippen molar-refractivity contribution in [2.45, 2.75) is 163 Å². The molecule has 0 spiro atoms. The second-order valence-corrected chi connectivity index (χ2v) is 26.6. The SMILES string of the molecule is C=CC[C@H]1C(=O)C(C)(C)[C@@H](O[Si](C)(C)C(C)(C)C)CC(=O)O[C@H](c2ccc3sc(C)nc3c2)CC=C(C)CCC[C@H](C)[C@@H]1OC(=O)OCc1ccc(OC(=O)CCCCCN2C(=O)C=CC2=O)cc1. The molecular weight excluding hydrogens is 913 g/mol. The van der Waals surface area contributed by atoms with E-state index in [2.05, 4.69) is 53.4 Å². The highest BCUT2D eigenvalue weighted by Gasteiger charge is 2.50. The number of aryl methyl sites for hydroxylation is 1. The number of nitrogens with zero attached hydrogens (tertiary/aromatic N) is 2. The van der Waals surface area contributed by atoms with Gasteiger partial charge in [-0.2, -0.15) is 0 Å². The first-order valence-corrected chi connectivity index (χ1v) is 27.9. The summed E-state index contributed by atoms with van der Waals surface area (Å²) in [6.07, 6.45) is 7.59. The summed E-state index contributed by atoms with van der Waals surface area (Å²) in [6, 6.07) is 12.6. The number of carbonyl (C=O) groups excluding carboxylic acids is 6. The number of carbonyl (C=O) groups is 6. The lowest BCUT2D eigenvalue weighted by atomic mass is 9.71. The van der Waals surface area contributed by atoms with E-state index >= 15 is 4.79 Å². The van der Waals surface area contributed by atoms with Gasteiger partial charge in [0.2, 0.25) is 0 Å². The van der Waals surface area contributed by atoms with Crippen LogP contribution in [0.15, 0.2) is 78.9 Å². The van der Waals surface area contributed by atoms with Crippen LogP contribution in [0.5, 0.6) is 5.75 Å². The van der Waals surface area contributed by atoms with Crippen LogP contribution in [-0.2, 0) is 49.2 Å². The van der Waals surface area contributed by atoms with Gasteiger partial charge in [-0.3, -0.25) is 28.9 Å². The molecule has 13 nitrogen and oxygen atoms in total. The molecule has 2 amide bonds. The zero-order valence-electron chi connectivity index (χ0n) is 42.2. The van der Waals surface area contributed by atoms with Gasteiger partial charge < -0.3 is 23.4 Å². The van der Waals surface area contributed by atoms with Crippen LogP contribution < -0.4 is 4.74 Å². The molecule has 374 valence electrons. The van der Waals surface area contributed by atoms with Crippen LogP contribution in [0.1, 0.15) is 135 Å². The maximum absolute atomic E-state index is 15.3. The highest BCUT2D eigenvalue weighted by Crippen LogP contribution is 2.43. The number of hydrogen-bond acceptors (Lipinski definition) is 13. The molecule has 2 aliphatic rings. The van der Waals surface area contributed by atoms with Crippen LogP contribution in [0.3, 0.4) is 0 Å². The number of benzene rings is 2. The topological polar surface area (TPSA) is 165 Å². The van der Waals surface area contributed by atoms with E-state index in [0.29, 0.717) is 50.0 Å². The summed E-state index contributed by atoms with van der Waals surface area (Å²) in [7, 11) is -2.60. The number of aromatic nitrogens is 1. The van der Waals surface area contributed by atoms with Crippen molar-refractivity contribution in [3.05, 3.63) is 95.1 Å². The predicted octanol–water partition coefficient (Wildman–Crippen LogP) is 12.0. The Morgan fingerprint density at radius 1 is 1.00 bits per heavy atom. The van der Waals surface area contributed by atoms with E-state index in [-0.39, 0.29) is 54.4 Å². The van der Waals surface area contributed by atoms with Crippen LogP contribution in [0.2, 0.25) is 18.1 Å². The van der Waals surface area contributed by atoms with Gasteiger partial charge in [-0.1, -0.05) is 83.9 Å². The first kappa shape index (κ1) is 54.7. The van der Waals surface area contributed by atoms with Crippen LogP contribution >= 0.6 is 11.3 Å². The third-order valence-corrected chi connectivity index (χ3v) is 19.2. The van der Waals surface area contributed by atoms with Gasteiger partial charge in [0, 0.05) is 37.0 Å². The summed E-state index contributed by atoms with van der Waals surface area (Å²) in [5.41, 5.74) is 2.21. The molecule has 0 aliphatic carbocycles. The monoisotopic (exact) mass is 984 g/mol. The van der Waals surface area contributed by atoms with E-state index in [1.165, 1.54) is 17.1 Å². The number of imide groups is 1. The lowest BCUT2D eigenvalue weighted by molar-refractivity contribution is -0.155. The average molecular weight is 985 g/mol. The van der Waals surface area contributed by atoms with Crippen LogP contribution in [0.25, 0.3) is 10.2 Å². The highest BCUT2D eigenvalue weighted by molar-refractivity contribution is 7.18. The Labute approximate surface area is 413 Å². The molecule has 0 N–H and O–H groups in total. The molecule has 0 radical (unpaired) electrons. The van der Waals surface area contributed by atoms with Crippen LogP contribution in [0.4, 0.5) is 4.79 Å². The minimum absolute atomic E-state index is 0.135. The van der Waals surface area contributed by atoms with E-state index in [9.17, 15) is 24.0 Å². The van der Waals surface area contributed by atoms with Crippen molar-refractivity contribution in [1.29, 1.82) is 0 Å². The fourth-order valence-electron chi connectivity index (χ4n) is 8.42. The average Bonchev–Trinajstić information content (AvgIpc) is 3.82. The summed E-state index contributed by atoms with van der Waals surface area (Å²) in [5.74, 6) is -2.53. The Morgan fingerprint density at radius 3 is 2.36 bits per heavy atom. The number of ether oxygens (including phenoxy) is 4. The number of thiazole rings is 1. The smallest absolute Gasteiger partial charge is 0.457 e. The molecule has 0 saturated carbocycles. The molecule has 5 atom stereocenters. The van der Waals surface area contributed by atoms with Crippen molar-refractivity contribution >= 4 is 65.6 Å². The van der Waals surface area contributed by atoms with Crippen molar-refractivity contribution in [1.82, 2.24) is 9.88 Å². The number of hydrogen-bond donors (Lipinski definition) is 0. The minimum Gasteiger partial charge on any atom is -0.457 e. The second-order valence-electron chi connectivity index (χ2n) is 20.6. The Balaban J connectivity index is 1.31. The standard InChI is InChI=1S/C54H72N2O11SSi/c1-12-17-41-50(66-52(62)63-34-38-22-25-40(26-23-38)64-48(59)20-14-13-15-31-56-46(57)29-30-47(56)58)36(3)19-16-18-35(2)21-27-43(39-24-28-44-42(32-39)55-37(4)68-44)65-49(60)33-45(54(8,9)51(41)61)67-69(10,11)53(5,6)7/h12,21-26,28-30,32,36,41,43,45,50H,1,13-20,27,31,33-34H2,2-11H3/t36-,41+,43-,45-,50-/m0/s1. The van der Waals surface area contributed by atoms with Crippen LogP contribution in [-0.4, -0.2) is 72.6 Å². The molecule has 5 rings (SSSR count). The number of Topliss-reactive ketones (excluding diaryl/α,β-unsaturated/α-hetero) is 1. The van der Waals surface area contributed by atoms with Gasteiger partial charge in [-0.05, 0) is 112 Å². The lowest BCUT2D eigenvalue weighted by Gasteiger charge is -2.45.